The molecule has 0 aliphatic rings. The Balaban J connectivity index is 1.80. The number of non-ortho nitro benzene ring substituents is 1. The van der Waals surface area contributed by atoms with Crippen molar-refractivity contribution in [1.29, 1.82) is 0 Å². The zero-order valence-corrected chi connectivity index (χ0v) is 15.4. The summed E-state index contributed by atoms with van der Waals surface area (Å²) in [6.45, 7) is 3.69. The highest BCUT2D eigenvalue weighted by molar-refractivity contribution is 5.82. The Kier molecular flexibility index (Phi) is 5.35. The number of anilines is 1. The molecule has 0 fully saturated rings. The number of halogens is 3. The van der Waals surface area contributed by atoms with Crippen molar-refractivity contribution in [3.63, 3.8) is 0 Å². The number of pyridine rings is 1. The molecule has 0 aliphatic heterocycles. The molecule has 0 bridgehead atoms. The molecule has 1 N–H and O–H groups in total. The number of nitro groups is 1. The van der Waals surface area contributed by atoms with Crippen LogP contribution in [0.25, 0.3) is 5.69 Å². The summed E-state index contributed by atoms with van der Waals surface area (Å²) < 4.78 is 39.5. The second kappa shape index (κ2) is 7.74. The van der Waals surface area contributed by atoms with Crippen molar-refractivity contribution >= 4 is 17.7 Å². The van der Waals surface area contributed by atoms with E-state index in [9.17, 15) is 23.3 Å². The van der Waals surface area contributed by atoms with Gasteiger partial charge >= 0.3 is 6.18 Å². The van der Waals surface area contributed by atoms with Gasteiger partial charge in [-0.2, -0.15) is 18.3 Å². The second-order valence-electron chi connectivity index (χ2n) is 6.24. The molecule has 29 heavy (non-hydrogen) atoms. The van der Waals surface area contributed by atoms with Crippen LogP contribution in [0, 0.1) is 24.0 Å². The minimum atomic E-state index is -4.45. The van der Waals surface area contributed by atoms with Gasteiger partial charge < -0.3 is 4.57 Å². The first-order valence-electron chi connectivity index (χ1n) is 8.43. The monoisotopic (exact) mass is 403 g/mol. The molecule has 0 unspecified atom stereocenters. The Hall–Kier alpha value is -3.69. The molecule has 0 saturated heterocycles. The van der Waals surface area contributed by atoms with Gasteiger partial charge in [-0.3, -0.25) is 15.5 Å². The van der Waals surface area contributed by atoms with Crippen LogP contribution in [0.2, 0.25) is 0 Å². The van der Waals surface area contributed by atoms with Gasteiger partial charge in [-0.25, -0.2) is 4.98 Å². The lowest BCUT2D eigenvalue weighted by molar-refractivity contribution is -0.384. The molecule has 2 heterocycles. The van der Waals surface area contributed by atoms with Crippen LogP contribution in [0.4, 0.5) is 24.7 Å². The lowest BCUT2D eigenvalue weighted by Crippen LogP contribution is -2.05. The van der Waals surface area contributed by atoms with E-state index in [1.54, 1.807) is 12.1 Å². The molecule has 0 amide bonds. The molecular weight excluding hydrogens is 387 g/mol. The van der Waals surface area contributed by atoms with Crippen molar-refractivity contribution in [2.75, 3.05) is 5.43 Å². The largest absolute Gasteiger partial charge is 0.417 e. The van der Waals surface area contributed by atoms with E-state index >= 15 is 0 Å². The third kappa shape index (κ3) is 4.42. The van der Waals surface area contributed by atoms with Crippen molar-refractivity contribution in [3.05, 3.63) is 81.3 Å². The molecule has 0 radical (unpaired) electrons. The van der Waals surface area contributed by atoms with Gasteiger partial charge in [-0.05, 0) is 38.1 Å². The Labute approximate surface area is 163 Å². The van der Waals surface area contributed by atoms with E-state index in [1.165, 1.54) is 24.4 Å². The maximum Gasteiger partial charge on any atom is 0.417 e. The van der Waals surface area contributed by atoms with Crippen LogP contribution in [0.1, 0.15) is 22.5 Å². The van der Waals surface area contributed by atoms with E-state index < -0.39 is 16.7 Å². The summed E-state index contributed by atoms with van der Waals surface area (Å²) in [4.78, 5) is 14.2. The molecule has 0 aliphatic carbocycles. The van der Waals surface area contributed by atoms with Crippen LogP contribution < -0.4 is 5.43 Å². The Morgan fingerprint density at radius 1 is 1.21 bits per heavy atom. The van der Waals surface area contributed by atoms with E-state index in [0.717, 1.165) is 29.2 Å². The average molecular weight is 403 g/mol. The molecule has 150 valence electrons. The van der Waals surface area contributed by atoms with Crippen LogP contribution in [-0.4, -0.2) is 20.7 Å². The minimum Gasteiger partial charge on any atom is -0.318 e. The summed E-state index contributed by atoms with van der Waals surface area (Å²) in [6.07, 6.45) is -2.21. The quantitative estimate of drug-likeness (QED) is 0.374. The highest BCUT2D eigenvalue weighted by atomic mass is 19.4. The Bertz CT molecular complexity index is 1070. The number of hydrogen-bond donors (Lipinski definition) is 1. The normalized spacial score (nSPS) is 11.8. The Morgan fingerprint density at radius 2 is 1.97 bits per heavy atom. The number of aryl methyl sites for hydroxylation is 1. The third-order valence-corrected chi connectivity index (χ3v) is 4.24. The molecule has 3 rings (SSSR count). The zero-order valence-electron chi connectivity index (χ0n) is 15.4. The standard InChI is InChI=1S/C19H16F3N5O2/c1-12-8-14(10-24-25-18-7-6-15(11-23-18)19(20,21)22)13(2)26(12)16-4-3-5-17(9-16)27(28)29/h3-11H,1-2H3,(H,23,25)/b24-10-. The van der Waals surface area contributed by atoms with Gasteiger partial charge in [0.05, 0.1) is 22.4 Å². The number of aromatic nitrogens is 2. The fourth-order valence-corrected chi connectivity index (χ4v) is 2.86. The molecule has 2 aromatic heterocycles. The van der Waals surface area contributed by atoms with Crippen molar-refractivity contribution in [1.82, 2.24) is 9.55 Å². The van der Waals surface area contributed by atoms with Gasteiger partial charge in [0.25, 0.3) is 5.69 Å². The van der Waals surface area contributed by atoms with Crippen molar-refractivity contribution in [2.24, 2.45) is 5.10 Å². The number of hydrogen-bond acceptors (Lipinski definition) is 5. The molecule has 0 spiro atoms. The summed E-state index contributed by atoms with van der Waals surface area (Å²) in [5, 5.41) is 15.0. The first-order chi connectivity index (χ1) is 13.7. The van der Waals surface area contributed by atoms with Crippen LogP contribution in [0.3, 0.4) is 0 Å². The van der Waals surface area contributed by atoms with Crippen molar-refractivity contribution < 1.29 is 18.1 Å². The molecule has 0 saturated carbocycles. The fourth-order valence-electron chi connectivity index (χ4n) is 2.86. The summed E-state index contributed by atoms with van der Waals surface area (Å²) in [5.74, 6) is 0.168. The molecule has 10 heteroatoms. The van der Waals surface area contributed by atoms with E-state index in [-0.39, 0.29) is 11.5 Å². The third-order valence-electron chi connectivity index (χ3n) is 4.24. The van der Waals surface area contributed by atoms with Crippen LogP contribution in [0.5, 0.6) is 0 Å². The van der Waals surface area contributed by atoms with Crippen LogP contribution in [0.15, 0.2) is 53.8 Å². The molecule has 3 aromatic rings. The number of nitrogens with one attached hydrogen (secondary N) is 1. The summed E-state index contributed by atoms with van der Waals surface area (Å²) in [5.41, 5.74) is 4.76. The molecule has 7 nitrogen and oxygen atoms in total. The fraction of sp³-hybridized carbons (Fsp3) is 0.158. The maximum atomic E-state index is 12.6. The van der Waals surface area contributed by atoms with Crippen molar-refractivity contribution in [2.45, 2.75) is 20.0 Å². The van der Waals surface area contributed by atoms with E-state index in [4.69, 9.17) is 0 Å². The minimum absolute atomic E-state index is 0.0136. The van der Waals surface area contributed by atoms with Gasteiger partial charge in [-0.1, -0.05) is 6.07 Å². The summed E-state index contributed by atoms with van der Waals surface area (Å²) in [7, 11) is 0. The molecule has 0 atom stereocenters. The number of rotatable bonds is 5. The average Bonchev–Trinajstić information content (AvgIpc) is 2.95. The molecule has 1 aromatic carbocycles. The summed E-state index contributed by atoms with van der Waals surface area (Å²) >= 11 is 0. The first-order valence-corrected chi connectivity index (χ1v) is 8.43. The van der Waals surface area contributed by atoms with Gasteiger partial charge in [0.15, 0.2) is 0 Å². The lowest BCUT2D eigenvalue weighted by atomic mass is 10.2. The topological polar surface area (TPSA) is 85.3 Å². The lowest BCUT2D eigenvalue weighted by Gasteiger charge is -2.09. The number of nitro benzene ring substituents is 1. The smallest absolute Gasteiger partial charge is 0.318 e. The summed E-state index contributed by atoms with van der Waals surface area (Å²) in [6, 6.07) is 10.2. The van der Waals surface area contributed by atoms with Crippen LogP contribution in [-0.2, 0) is 6.18 Å². The van der Waals surface area contributed by atoms with Gasteiger partial charge in [0.1, 0.15) is 5.82 Å². The second-order valence-corrected chi connectivity index (χ2v) is 6.24. The molecular formula is C19H16F3N5O2. The first kappa shape index (κ1) is 20.1. The van der Waals surface area contributed by atoms with Crippen molar-refractivity contribution in [3.8, 4) is 5.69 Å². The van der Waals surface area contributed by atoms with Gasteiger partial charge in [0.2, 0.25) is 0 Å². The maximum absolute atomic E-state index is 12.6. The SMILES string of the molecule is Cc1cc(/C=N\Nc2ccc(C(F)(F)F)cn2)c(C)n1-c1cccc([N+](=O)[O-])c1. The number of benzene rings is 1. The number of nitrogens with zero attached hydrogens (tertiary/aromatic N) is 4. The number of hydrazone groups is 1. The Morgan fingerprint density at radius 3 is 2.59 bits per heavy atom. The highest BCUT2D eigenvalue weighted by Gasteiger charge is 2.30. The predicted octanol–water partition coefficient (Wildman–Crippen LogP) is 4.86. The number of alkyl halides is 3. The van der Waals surface area contributed by atoms with E-state index in [1.807, 2.05) is 24.5 Å². The zero-order chi connectivity index (χ0) is 21.2. The van der Waals surface area contributed by atoms with Gasteiger partial charge in [-0.15, -0.1) is 0 Å². The van der Waals surface area contributed by atoms with Crippen LogP contribution >= 0.6 is 0 Å². The van der Waals surface area contributed by atoms with E-state index in [0.29, 0.717) is 5.69 Å². The highest BCUT2D eigenvalue weighted by Crippen LogP contribution is 2.29. The predicted molar refractivity (Wildman–Crippen MR) is 102 cm³/mol. The van der Waals surface area contributed by atoms with E-state index in [2.05, 4.69) is 15.5 Å². The van der Waals surface area contributed by atoms with Gasteiger partial charge in [0, 0.05) is 35.3 Å².